The van der Waals surface area contributed by atoms with Crippen LogP contribution in [0.25, 0.3) is 0 Å². The van der Waals surface area contributed by atoms with Crippen molar-refractivity contribution in [2.45, 2.75) is 57.0 Å². The summed E-state index contributed by atoms with van der Waals surface area (Å²) in [5.74, 6) is -1.83. The average molecular weight is 520 g/mol. The van der Waals surface area contributed by atoms with Gasteiger partial charge in [0.15, 0.2) is 0 Å². The Morgan fingerprint density at radius 2 is 1.68 bits per heavy atom. The molecule has 0 saturated heterocycles. The van der Waals surface area contributed by atoms with Gasteiger partial charge in [0.25, 0.3) is 0 Å². The molecule has 0 saturated carbocycles. The molecule has 0 spiro atoms. The van der Waals surface area contributed by atoms with E-state index in [1.807, 2.05) is 50.2 Å². The summed E-state index contributed by atoms with van der Waals surface area (Å²) in [6, 6.07) is 20.2. The van der Waals surface area contributed by atoms with Crippen LogP contribution >= 0.6 is 0 Å². The molecule has 7 nitrogen and oxygen atoms in total. The summed E-state index contributed by atoms with van der Waals surface area (Å²) in [5, 5.41) is 18.7. The van der Waals surface area contributed by atoms with E-state index < -0.39 is 27.8 Å². The van der Waals surface area contributed by atoms with Crippen LogP contribution in [0.1, 0.15) is 60.4 Å². The summed E-state index contributed by atoms with van der Waals surface area (Å²) in [4.78, 5) is 12.4. The number of aryl methyl sites for hydroxylation is 1. The molecule has 1 aliphatic rings. The first kappa shape index (κ1) is 26.7. The molecule has 1 aliphatic heterocycles. The fourth-order valence-electron chi connectivity index (χ4n) is 4.80. The minimum Gasteiger partial charge on any atom is -0.481 e. The van der Waals surface area contributed by atoms with Crippen LogP contribution in [0.3, 0.4) is 0 Å². The molecule has 1 heterocycles. The molecular weight excluding hydrogens is 486 g/mol. The molecule has 4 rings (SSSR count). The zero-order chi connectivity index (χ0) is 26.9. The second-order valence-electron chi connectivity index (χ2n) is 9.93. The Labute approximate surface area is 218 Å². The molecule has 0 fully saturated rings. The molecule has 0 amide bonds. The van der Waals surface area contributed by atoms with E-state index in [-0.39, 0.29) is 23.4 Å². The van der Waals surface area contributed by atoms with E-state index in [9.17, 15) is 18.3 Å². The van der Waals surface area contributed by atoms with Crippen LogP contribution < -0.4 is 0 Å². The minimum absolute atomic E-state index is 0.0934. The van der Waals surface area contributed by atoms with Crippen LogP contribution in [-0.2, 0) is 21.4 Å². The predicted molar refractivity (Wildman–Crippen MR) is 144 cm³/mol. The molecule has 0 bridgehead atoms. The van der Waals surface area contributed by atoms with Crippen molar-refractivity contribution >= 4 is 21.7 Å². The van der Waals surface area contributed by atoms with Crippen molar-refractivity contribution in [3.63, 3.8) is 0 Å². The molecule has 1 N–H and O–H groups in total. The van der Waals surface area contributed by atoms with Gasteiger partial charge in [0.1, 0.15) is 0 Å². The Kier molecular flexibility index (Phi) is 7.62. The van der Waals surface area contributed by atoms with Crippen molar-refractivity contribution in [2.75, 3.05) is 7.05 Å². The highest BCUT2D eigenvalue weighted by Gasteiger charge is 2.30. The zero-order valence-corrected chi connectivity index (χ0v) is 22.6. The number of carboxylic acids is 1. The molecular formula is C29H33N3O4S. The maximum atomic E-state index is 13.1. The standard InChI is InChI=1S/C29H33N3O4S/c1-18-11-12-22(15-24(18)17-32(5)37(35,36)25-9-7-6-8-10-25)28(20(3)29(33)34)23-13-14-26-19(2)21(4)30-31-27(26)16-23/h6-16,19-21,28H,17H2,1-5H3,(H,33,34). The monoisotopic (exact) mass is 519 g/mol. The topological polar surface area (TPSA) is 99.4 Å². The maximum absolute atomic E-state index is 13.1. The van der Waals surface area contributed by atoms with Crippen molar-refractivity contribution in [3.05, 3.63) is 94.5 Å². The largest absolute Gasteiger partial charge is 0.481 e. The summed E-state index contributed by atoms with van der Waals surface area (Å²) in [6.45, 7) is 7.94. The average Bonchev–Trinajstić information content (AvgIpc) is 2.88. The normalized spacial score (nSPS) is 18.9. The summed E-state index contributed by atoms with van der Waals surface area (Å²) in [7, 11) is -2.11. The van der Waals surface area contributed by atoms with E-state index in [1.165, 1.54) is 4.31 Å². The third-order valence-electron chi connectivity index (χ3n) is 7.44. The van der Waals surface area contributed by atoms with Gasteiger partial charge in [0.2, 0.25) is 10.0 Å². The highest BCUT2D eigenvalue weighted by atomic mass is 32.2. The molecule has 0 radical (unpaired) electrons. The lowest BCUT2D eigenvalue weighted by Crippen LogP contribution is -2.27. The molecule has 0 aromatic heterocycles. The van der Waals surface area contributed by atoms with E-state index in [0.29, 0.717) is 0 Å². The van der Waals surface area contributed by atoms with Gasteiger partial charge in [-0.25, -0.2) is 8.42 Å². The first-order valence-electron chi connectivity index (χ1n) is 12.4. The second-order valence-corrected chi connectivity index (χ2v) is 12.0. The quantitative estimate of drug-likeness (QED) is 0.380. The highest BCUT2D eigenvalue weighted by Crippen LogP contribution is 2.40. The number of benzene rings is 3. The third-order valence-corrected chi connectivity index (χ3v) is 9.26. The Balaban J connectivity index is 1.72. The van der Waals surface area contributed by atoms with Gasteiger partial charge >= 0.3 is 5.97 Å². The number of sulfonamides is 1. The summed E-state index contributed by atoms with van der Waals surface area (Å²) < 4.78 is 27.5. The summed E-state index contributed by atoms with van der Waals surface area (Å²) >= 11 is 0. The zero-order valence-electron chi connectivity index (χ0n) is 21.8. The predicted octanol–water partition coefficient (Wildman–Crippen LogP) is 6.26. The molecule has 3 aromatic rings. The molecule has 37 heavy (non-hydrogen) atoms. The first-order chi connectivity index (χ1) is 17.5. The smallest absolute Gasteiger partial charge is 0.307 e. The number of rotatable bonds is 8. The summed E-state index contributed by atoms with van der Waals surface area (Å²) in [5.41, 5.74) is 5.28. The lowest BCUT2D eigenvalue weighted by molar-refractivity contribution is -0.141. The van der Waals surface area contributed by atoms with Crippen LogP contribution in [0.4, 0.5) is 5.69 Å². The summed E-state index contributed by atoms with van der Waals surface area (Å²) in [6.07, 6.45) is 0. The van der Waals surface area contributed by atoms with Crippen LogP contribution in [0, 0.1) is 12.8 Å². The maximum Gasteiger partial charge on any atom is 0.307 e. The van der Waals surface area contributed by atoms with Crippen molar-refractivity contribution in [3.8, 4) is 0 Å². The van der Waals surface area contributed by atoms with Gasteiger partial charge in [-0.2, -0.15) is 14.5 Å². The number of carboxylic acid groups (broad SMARTS) is 1. The molecule has 4 unspecified atom stereocenters. The number of carbonyl (C=O) groups is 1. The Morgan fingerprint density at radius 3 is 2.35 bits per heavy atom. The fourth-order valence-corrected chi connectivity index (χ4v) is 5.97. The fraction of sp³-hybridized carbons (Fsp3) is 0.345. The molecule has 194 valence electrons. The van der Waals surface area contributed by atoms with Gasteiger partial charge in [0, 0.05) is 25.4 Å². The number of hydrogen-bond donors (Lipinski definition) is 1. The van der Waals surface area contributed by atoms with Gasteiger partial charge in [-0.3, -0.25) is 4.79 Å². The van der Waals surface area contributed by atoms with Crippen molar-refractivity contribution in [2.24, 2.45) is 16.1 Å². The number of aliphatic carboxylic acids is 1. The van der Waals surface area contributed by atoms with Gasteiger partial charge in [-0.15, -0.1) is 0 Å². The highest BCUT2D eigenvalue weighted by molar-refractivity contribution is 7.89. The van der Waals surface area contributed by atoms with Crippen LogP contribution in [0.2, 0.25) is 0 Å². The first-order valence-corrected chi connectivity index (χ1v) is 13.8. The van der Waals surface area contributed by atoms with Crippen molar-refractivity contribution in [1.82, 2.24) is 4.31 Å². The number of fused-ring (bicyclic) bond motifs is 1. The molecule has 4 atom stereocenters. The van der Waals surface area contributed by atoms with Crippen molar-refractivity contribution in [1.29, 1.82) is 0 Å². The van der Waals surface area contributed by atoms with Gasteiger partial charge in [-0.05, 0) is 59.9 Å². The second kappa shape index (κ2) is 10.6. The van der Waals surface area contributed by atoms with E-state index in [0.717, 1.165) is 33.5 Å². The van der Waals surface area contributed by atoms with E-state index >= 15 is 0 Å². The van der Waals surface area contributed by atoms with Crippen LogP contribution in [0.15, 0.2) is 81.9 Å². The van der Waals surface area contributed by atoms with E-state index in [4.69, 9.17) is 0 Å². The van der Waals surface area contributed by atoms with Gasteiger partial charge < -0.3 is 5.11 Å². The van der Waals surface area contributed by atoms with Crippen LogP contribution in [-0.4, -0.2) is 36.9 Å². The van der Waals surface area contributed by atoms with E-state index in [1.54, 1.807) is 44.3 Å². The minimum atomic E-state index is -3.67. The SMILES string of the molecule is Cc1ccc(C(c2ccc3c(c2)N=NC(C)C3C)C(C)C(=O)O)cc1CN(C)S(=O)(=O)c1ccccc1. The lowest BCUT2D eigenvalue weighted by atomic mass is 9.79. The Morgan fingerprint density at radius 1 is 1.03 bits per heavy atom. The Hall–Kier alpha value is -3.36. The van der Waals surface area contributed by atoms with Crippen LogP contribution in [0.5, 0.6) is 0 Å². The third kappa shape index (κ3) is 5.36. The molecule has 8 heteroatoms. The lowest BCUT2D eigenvalue weighted by Gasteiger charge is -2.27. The number of hydrogen-bond acceptors (Lipinski definition) is 5. The van der Waals surface area contributed by atoms with Gasteiger partial charge in [0.05, 0.1) is 22.5 Å². The molecule has 3 aromatic carbocycles. The number of azo groups is 1. The number of nitrogens with zero attached hydrogens (tertiary/aromatic N) is 3. The van der Waals surface area contributed by atoms with Gasteiger partial charge in [-0.1, -0.05) is 62.4 Å². The van der Waals surface area contributed by atoms with E-state index in [2.05, 4.69) is 17.2 Å². The van der Waals surface area contributed by atoms with Crippen molar-refractivity contribution < 1.29 is 18.3 Å². The molecule has 0 aliphatic carbocycles. The Bertz CT molecular complexity index is 1440.